The molecule has 3 atom stereocenters. The minimum Gasteiger partial charge on any atom is -0.394 e. The highest BCUT2D eigenvalue weighted by molar-refractivity contribution is 5.57. The van der Waals surface area contributed by atoms with Gasteiger partial charge in [-0.15, -0.1) is 0 Å². The number of methoxy groups -OCH3 is 1. The van der Waals surface area contributed by atoms with Crippen molar-refractivity contribution in [3.8, 4) is 0 Å². The van der Waals surface area contributed by atoms with Gasteiger partial charge in [0.1, 0.15) is 18.3 Å². The summed E-state index contributed by atoms with van der Waals surface area (Å²) in [5.41, 5.74) is 0. The van der Waals surface area contributed by atoms with Crippen LogP contribution in [0, 0.1) is 0 Å². The summed E-state index contributed by atoms with van der Waals surface area (Å²) in [6.45, 7) is -0.602. The maximum absolute atomic E-state index is 10.1. The van der Waals surface area contributed by atoms with E-state index in [9.17, 15) is 4.79 Å². The number of carbonyl (C=O) groups is 1. The first-order valence-corrected chi connectivity index (χ1v) is 3.12. The fourth-order valence-corrected chi connectivity index (χ4v) is 0.602. The van der Waals surface area contributed by atoms with Crippen molar-refractivity contribution in [3.63, 3.8) is 0 Å². The molecular formula is C6H12O5. The lowest BCUT2D eigenvalue weighted by Gasteiger charge is -2.19. The van der Waals surface area contributed by atoms with Crippen LogP contribution in [0.2, 0.25) is 0 Å². The SMILES string of the molecule is CO[C@H](C=O)[C@@H](O)[C@@H](O)CO. The van der Waals surface area contributed by atoms with Crippen molar-refractivity contribution in [2.45, 2.75) is 18.3 Å². The lowest BCUT2D eigenvalue weighted by atomic mass is 10.1. The molecule has 0 fully saturated rings. The molecule has 0 aliphatic carbocycles. The predicted molar refractivity (Wildman–Crippen MR) is 36.0 cm³/mol. The molecule has 3 N–H and O–H groups in total. The van der Waals surface area contributed by atoms with Gasteiger partial charge in [-0.05, 0) is 0 Å². The molecule has 0 aliphatic rings. The molecule has 5 nitrogen and oxygen atoms in total. The van der Waals surface area contributed by atoms with E-state index in [1.54, 1.807) is 0 Å². The number of aliphatic hydroxyl groups is 3. The Hall–Kier alpha value is -0.490. The summed E-state index contributed by atoms with van der Waals surface area (Å²) in [7, 11) is 1.23. The topological polar surface area (TPSA) is 87.0 Å². The second-order valence-corrected chi connectivity index (χ2v) is 2.08. The summed E-state index contributed by atoms with van der Waals surface area (Å²) in [4.78, 5) is 10.1. The minimum absolute atomic E-state index is 0.365. The first kappa shape index (κ1) is 10.5. The largest absolute Gasteiger partial charge is 0.394 e. The van der Waals surface area contributed by atoms with E-state index >= 15 is 0 Å². The molecule has 5 heteroatoms. The molecule has 0 amide bonds. The van der Waals surface area contributed by atoms with E-state index in [1.165, 1.54) is 7.11 Å². The molecule has 11 heavy (non-hydrogen) atoms. The van der Waals surface area contributed by atoms with Gasteiger partial charge in [0.15, 0.2) is 6.29 Å². The van der Waals surface area contributed by atoms with E-state index in [-0.39, 0.29) is 0 Å². The fraction of sp³-hybridized carbons (Fsp3) is 0.833. The van der Waals surface area contributed by atoms with E-state index in [1.807, 2.05) is 0 Å². The lowest BCUT2D eigenvalue weighted by Crippen LogP contribution is -2.41. The van der Waals surface area contributed by atoms with Crippen molar-refractivity contribution in [2.24, 2.45) is 0 Å². The summed E-state index contributed by atoms with van der Waals surface area (Å²) in [6.07, 6.45) is -3.44. The molecule has 0 heterocycles. The highest BCUT2D eigenvalue weighted by atomic mass is 16.5. The Morgan fingerprint density at radius 1 is 1.55 bits per heavy atom. The Bertz CT molecular complexity index is 116. The Morgan fingerprint density at radius 3 is 2.36 bits per heavy atom. The zero-order chi connectivity index (χ0) is 8.85. The quantitative estimate of drug-likeness (QED) is 0.406. The van der Waals surface area contributed by atoms with Gasteiger partial charge in [-0.3, -0.25) is 0 Å². The summed E-state index contributed by atoms with van der Waals surface area (Å²) >= 11 is 0. The summed E-state index contributed by atoms with van der Waals surface area (Å²) in [6, 6.07) is 0. The van der Waals surface area contributed by atoms with Crippen LogP contribution in [0.5, 0.6) is 0 Å². The van der Waals surface area contributed by atoms with Crippen LogP contribution in [0.15, 0.2) is 0 Å². The average Bonchev–Trinajstić information content (AvgIpc) is 2.05. The van der Waals surface area contributed by atoms with E-state index in [0.29, 0.717) is 6.29 Å². The van der Waals surface area contributed by atoms with Crippen molar-refractivity contribution >= 4 is 6.29 Å². The number of rotatable bonds is 5. The molecule has 66 valence electrons. The van der Waals surface area contributed by atoms with Crippen LogP contribution in [-0.4, -0.2) is 53.6 Å². The lowest BCUT2D eigenvalue weighted by molar-refractivity contribution is -0.131. The summed E-state index contributed by atoms with van der Waals surface area (Å²) < 4.78 is 4.50. The smallest absolute Gasteiger partial charge is 0.151 e. The standard InChI is InChI=1S/C6H12O5/c1-11-5(3-8)6(10)4(9)2-7/h3-7,9-10H,2H2,1H3/t4-,5+,6-/m0/s1. The molecule has 0 aromatic heterocycles. The molecule has 0 aliphatic heterocycles. The van der Waals surface area contributed by atoms with E-state index in [4.69, 9.17) is 15.3 Å². The third-order valence-electron chi connectivity index (χ3n) is 1.32. The van der Waals surface area contributed by atoms with Gasteiger partial charge in [0.25, 0.3) is 0 Å². The van der Waals surface area contributed by atoms with Crippen LogP contribution < -0.4 is 0 Å². The predicted octanol–water partition coefficient (Wildman–Crippen LogP) is -2.09. The van der Waals surface area contributed by atoms with Gasteiger partial charge in [0.2, 0.25) is 0 Å². The highest BCUT2D eigenvalue weighted by Crippen LogP contribution is 2.00. The molecule has 0 aromatic rings. The number of hydrogen-bond acceptors (Lipinski definition) is 5. The van der Waals surface area contributed by atoms with Gasteiger partial charge >= 0.3 is 0 Å². The van der Waals surface area contributed by atoms with Crippen LogP contribution in [0.4, 0.5) is 0 Å². The second kappa shape index (κ2) is 5.20. The number of carbonyl (C=O) groups excluding carboxylic acids is 1. The Morgan fingerprint density at radius 2 is 2.09 bits per heavy atom. The normalized spacial score (nSPS) is 18.9. The molecule has 0 unspecified atom stereocenters. The monoisotopic (exact) mass is 164 g/mol. The first-order chi connectivity index (χ1) is 5.17. The van der Waals surface area contributed by atoms with Crippen molar-refractivity contribution < 1.29 is 24.9 Å². The molecule has 0 spiro atoms. The van der Waals surface area contributed by atoms with Gasteiger partial charge in [-0.2, -0.15) is 0 Å². The van der Waals surface area contributed by atoms with Gasteiger partial charge in [0.05, 0.1) is 6.61 Å². The number of ether oxygens (including phenoxy) is 1. The second-order valence-electron chi connectivity index (χ2n) is 2.08. The van der Waals surface area contributed by atoms with Crippen molar-refractivity contribution in [1.82, 2.24) is 0 Å². The van der Waals surface area contributed by atoms with Crippen LogP contribution in [0.1, 0.15) is 0 Å². The molecule has 0 saturated carbocycles. The maximum Gasteiger partial charge on any atom is 0.151 e. The van der Waals surface area contributed by atoms with Crippen LogP contribution >= 0.6 is 0 Å². The number of hydrogen-bond donors (Lipinski definition) is 3. The van der Waals surface area contributed by atoms with Gasteiger partial charge in [0, 0.05) is 7.11 Å². The van der Waals surface area contributed by atoms with Crippen LogP contribution in [0.25, 0.3) is 0 Å². The van der Waals surface area contributed by atoms with E-state index < -0.39 is 24.9 Å². The first-order valence-electron chi connectivity index (χ1n) is 3.12. The van der Waals surface area contributed by atoms with E-state index in [0.717, 1.165) is 0 Å². The fourth-order valence-electron chi connectivity index (χ4n) is 0.602. The van der Waals surface area contributed by atoms with Gasteiger partial charge in [-0.1, -0.05) is 0 Å². The third kappa shape index (κ3) is 2.94. The van der Waals surface area contributed by atoms with Crippen molar-refractivity contribution in [3.05, 3.63) is 0 Å². The number of aliphatic hydroxyl groups excluding tert-OH is 3. The van der Waals surface area contributed by atoms with Crippen molar-refractivity contribution in [1.29, 1.82) is 0 Å². The number of aldehydes is 1. The highest BCUT2D eigenvalue weighted by Gasteiger charge is 2.24. The van der Waals surface area contributed by atoms with Gasteiger partial charge < -0.3 is 24.9 Å². The molecular weight excluding hydrogens is 152 g/mol. The molecule has 0 rings (SSSR count). The molecule has 0 radical (unpaired) electrons. The van der Waals surface area contributed by atoms with Crippen LogP contribution in [0.3, 0.4) is 0 Å². The molecule has 0 bridgehead atoms. The Labute approximate surface area is 64.2 Å². The molecule has 0 saturated heterocycles. The van der Waals surface area contributed by atoms with E-state index in [2.05, 4.69) is 4.74 Å². The van der Waals surface area contributed by atoms with Crippen LogP contribution in [-0.2, 0) is 9.53 Å². The van der Waals surface area contributed by atoms with Gasteiger partial charge in [-0.25, -0.2) is 0 Å². The summed E-state index contributed by atoms with van der Waals surface area (Å²) in [5.74, 6) is 0. The third-order valence-corrected chi connectivity index (χ3v) is 1.32. The molecule has 0 aromatic carbocycles. The Kier molecular flexibility index (Phi) is 4.97. The zero-order valence-corrected chi connectivity index (χ0v) is 6.17. The zero-order valence-electron chi connectivity index (χ0n) is 6.17. The average molecular weight is 164 g/mol. The van der Waals surface area contributed by atoms with Crippen molar-refractivity contribution in [2.75, 3.05) is 13.7 Å². The Balaban J connectivity index is 3.96. The maximum atomic E-state index is 10.1. The summed E-state index contributed by atoms with van der Waals surface area (Å²) in [5, 5.41) is 26.2. The minimum atomic E-state index is -1.37.